The fourth-order valence-corrected chi connectivity index (χ4v) is 4.99. The maximum absolute atomic E-state index is 12.8. The normalized spacial score (nSPS) is 18.0. The number of hydrogen-bond acceptors (Lipinski definition) is 4. The zero-order chi connectivity index (χ0) is 20.0. The van der Waals surface area contributed by atoms with Crippen molar-refractivity contribution in [3.8, 4) is 0 Å². The van der Waals surface area contributed by atoms with Crippen LogP contribution in [0.3, 0.4) is 0 Å². The minimum atomic E-state index is -3.57. The van der Waals surface area contributed by atoms with Crippen LogP contribution in [0.15, 0.2) is 59.5 Å². The van der Waals surface area contributed by atoms with E-state index < -0.39 is 10.0 Å². The van der Waals surface area contributed by atoms with E-state index in [1.807, 2.05) is 24.3 Å². The Morgan fingerprint density at radius 2 is 1.89 bits per heavy atom. The molecule has 1 aliphatic heterocycles. The highest BCUT2D eigenvalue weighted by atomic mass is 32.2. The van der Waals surface area contributed by atoms with Crippen molar-refractivity contribution < 1.29 is 17.9 Å². The second-order valence-electron chi connectivity index (χ2n) is 6.99. The minimum absolute atomic E-state index is 0.106. The molecular formula is C21H26N2O4S. The quantitative estimate of drug-likeness (QED) is 0.772. The van der Waals surface area contributed by atoms with Crippen LogP contribution in [0.2, 0.25) is 0 Å². The Labute approximate surface area is 166 Å². The standard InChI is InChI=1S/C21H26N2O4S/c1-27-16-18-8-5-7-17(13-18)14-22-21(24)19-9-6-12-23(15-19)28(25,26)20-10-3-2-4-11-20/h2-5,7-8,10-11,13,19H,6,9,12,14-16H2,1H3,(H,22,24). The van der Waals surface area contributed by atoms with Crippen molar-refractivity contribution in [3.63, 3.8) is 0 Å². The molecule has 0 radical (unpaired) electrons. The third-order valence-electron chi connectivity index (χ3n) is 4.91. The number of ether oxygens (including phenoxy) is 1. The van der Waals surface area contributed by atoms with Crippen molar-refractivity contribution in [2.75, 3.05) is 20.2 Å². The Balaban J connectivity index is 1.61. The van der Waals surface area contributed by atoms with Crippen molar-refractivity contribution in [2.24, 2.45) is 5.92 Å². The van der Waals surface area contributed by atoms with Crippen LogP contribution in [0.25, 0.3) is 0 Å². The molecule has 0 aromatic heterocycles. The smallest absolute Gasteiger partial charge is 0.243 e. The van der Waals surface area contributed by atoms with Gasteiger partial charge in [0.15, 0.2) is 0 Å². The van der Waals surface area contributed by atoms with Crippen molar-refractivity contribution >= 4 is 15.9 Å². The van der Waals surface area contributed by atoms with Gasteiger partial charge in [-0.05, 0) is 36.1 Å². The van der Waals surface area contributed by atoms with Crippen LogP contribution in [0.1, 0.15) is 24.0 Å². The lowest BCUT2D eigenvalue weighted by Crippen LogP contribution is -2.45. The number of sulfonamides is 1. The average molecular weight is 403 g/mol. The Bertz CT molecular complexity index is 900. The number of nitrogens with zero attached hydrogens (tertiary/aromatic N) is 1. The van der Waals surface area contributed by atoms with Crippen LogP contribution in [-0.4, -0.2) is 38.8 Å². The molecule has 1 fully saturated rings. The number of hydrogen-bond donors (Lipinski definition) is 1. The number of nitrogens with one attached hydrogen (secondary N) is 1. The first-order valence-electron chi connectivity index (χ1n) is 9.40. The van der Waals surface area contributed by atoms with Gasteiger partial charge in [-0.25, -0.2) is 8.42 Å². The highest BCUT2D eigenvalue weighted by Gasteiger charge is 2.33. The summed E-state index contributed by atoms with van der Waals surface area (Å²) < 4.78 is 32.2. The number of carbonyl (C=O) groups excluding carboxylic acids is 1. The van der Waals surface area contributed by atoms with Crippen molar-refractivity contribution in [1.29, 1.82) is 0 Å². The molecular weight excluding hydrogens is 376 g/mol. The first-order chi connectivity index (χ1) is 13.5. The SMILES string of the molecule is COCc1cccc(CNC(=O)C2CCCN(S(=O)(=O)c3ccccc3)C2)c1. The highest BCUT2D eigenvalue weighted by Crippen LogP contribution is 2.24. The van der Waals surface area contributed by atoms with Gasteiger partial charge in [0.25, 0.3) is 0 Å². The molecule has 1 aliphatic rings. The molecule has 3 rings (SSSR count). The predicted molar refractivity (Wildman–Crippen MR) is 107 cm³/mol. The van der Waals surface area contributed by atoms with Gasteiger partial charge in [-0.3, -0.25) is 4.79 Å². The third kappa shape index (κ3) is 4.98. The molecule has 1 saturated heterocycles. The molecule has 6 nitrogen and oxygen atoms in total. The predicted octanol–water partition coefficient (Wildman–Crippen LogP) is 2.55. The highest BCUT2D eigenvalue weighted by molar-refractivity contribution is 7.89. The van der Waals surface area contributed by atoms with E-state index in [4.69, 9.17) is 4.74 Å². The molecule has 7 heteroatoms. The van der Waals surface area contributed by atoms with Gasteiger partial charge in [0.1, 0.15) is 0 Å². The van der Waals surface area contributed by atoms with Crippen molar-refractivity contribution in [2.45, 2.75) is 30.9 Å². The second kappa shape index (κ2) is 9.32. The molecule has 0 aliphatic carbocycles. The monoisotopic (exact) mass is 402 g/mol. The Morgan fingerprint density at radius 1 is 1.14 bits per heavy atom. The van der Waals surface area contributed by atoms with Crippen LogP contribution in [0.5, 0.6) is 0 Å². The van der Waals surface area contributed by atoms with Crippen LogP contribution in [0.4, 0.5) is 0 Å². The first kappa shape index (κ1) is 20.5. The fraction of sp³-hybridized carbons (Fsp3) is 0.381. The van der Waals surface area contributed by atoms with Gasteiger partial charge < -0.3 is 10.1 Å². The van der Waals surface area contributed by atoms with E-state index in [9.17, 15) is 13.2 Å². The number of benzene rings is 2. The zero-order valence-corrected chi connectivity index (χ0v) is 16.8. The number of rotatable bonds is 7. The van der Waals surface area contributed by atoms with Crippen LogP contribution < -0.4 is 5.32 Å². The lowest BCUT2D eigenvalue weighted by molar-refractivity contribution is -0.126. The molecule has 1 atom stereocenters. The van der Waals surface area contributed by atoms with E-state index in [1.54, 1.807) is 37.4 Å². The number of amides is 1. The third-order valence-corrected chi connectivity index (χ3v) is 6.78. The largest absolute Gasteiger partial charge is 0.380 e. The number of carbonyl (C=O) groups is 1. The fourth-order valence-electron chi connectivity index (χ4n) is 3.45. The first-order valence-corrected chi connectivity index (χ1v) is 10.8. The van der Waals surface area contributed by atoms with Crippen LogP contribution in [0, 0.1) is 5.92 Å². The van der Waals surface area contributed by atoms with Gasteiger partial charge in [-0.15, -0.1) is 0 Å². The Morgan fingerprint density at radius 3 is 2.64 bits per heavy atom. The molecule has 0 saturated carbocycles. The summed E-state index contributed by atoms with van der Waals surface area (Å²) in [5.74, 6) is -0.445. The second-order valence-corrected chi connectivity index (χ2v) is 8.92. The minimum Gasteiger partial charge on any atom is -0.380 e. The van der Waals surface area contributed by atoms with Crippen LogP contribution in [-0.2, 0) is 32.7 Å². The summed E-state index contributed by atoms with van der Waals surface area (Å²) in [7, 11) is -1.92. The van der Waals surface area contributed by atoms with Gasteiger partial charge in [0.05, 0.1) is 17.4 Å². The van der Waals surface area contributed by atoms with Gasteiger partial charge in [-0.2, -0.15) is 4.31 Å². The van der Waals surface area contributed by atoms with E-state index in [2.05, 4.69) is 5.32 Å². The maximum Gasteiger partial charge on any atom is 0.243 e. The molecule has 2 aromatic rings. The van der Waals surface area contributed by atoms with Crippen molar-refractivity contribution in [3.05, 3.63) is 65.7 Å². The summed E-state index contributed by atoms with van der Waals surface area (Å²) in [6.45, 7) is 1.60. The van der Waals surface area contributed by atoms with E-state index in [-0.39, 0.29) is 23.3 Å². The lowest BCUT2D eigenvalue weighted by atomic mass is 9.98. The zero-order valence-electron chi connectivity index (χ0n) is 16.0. The average Bonchev–Trinajstić information content (AvgIpc) is 2.73. The Kier molecular flexibility index (Phi) is 6.83. The molecule has 1 heterocycles. The molecule has 0 bridgehead atoms. The van der Waals surface area contributed by atoms with E-state index in [1.165, 1.54) is 4.31 Å². The van der Waals surface area contributed by atoms with Gasteiger partial charge in [0.2, 0.25) is 15.9 Å². The molecule has 1 N–H and O–H groups in total. The molecule has 28 heavy (non-hydrogen) atoms. The summed E-state index contributed by atoms with van der Waals surface area (Å²) in [5, 5.41) is 2.95. The molecule has 0 spiro atoms. The molecule has 2 aromatic carbocycles. The van der Waals surface area contributed by atoms with Gasteiger partial charge in [0, 0.05) is 26.7 Å². The summed E-state index contributed by atoms with van der Waals surface area (Å²) in [5.41, 5.74) is 2.04. The van der Waals surface area contributed by atoms with Crippen molar-refractivity contribution in [1.82, 2.24) is 9.62 Å². The maximum atomic E-state index is 12.8. The van der Waals surface area contributed by atoms with Gasteiger partial charge in [-0.1, -0.05) is 42.5 Å². The number of piperidine rings is 1. The summed E-state index contributed by atoms with van der Waals surface area (Å²) in [4.78, 5) is 12.9. The van der Waals surface area contributed by atoms with E-state index >= 15 is 0 Å². The van der Waals surface area contributed by atoms with Crippen LogP contribution >= 0.6 is 0 Å². The molecule has 150 valence electrons. The Hall–Kier alpha value is -2.22. The topological polar surface area (TPSA) is 75.7 Å². The number of methoxy groups -OCH3 is 1. The summed E-state index contributed by atoms with van der Waals surface area (Å²) in [6, 6.07) is 16.2. The summed E-state index contributed by atoms with van der Waals surface area (Å²) in [6.07, 6.45) is 1.36. The summed E-state index contributed by atoms with van der Waals surface area (Å²) >= 11 is 0. The molecule has 1 unspecified atom stereocenters. The van der Waals surface area contributed by atoms with Gasteiger partial charge >= 0.3 is 0 Å². The van der Waals surface area contributed by atoms with E-state index in [0.29, 0.717) is 32.5 Å². The van der Waals surface area contributed by atoms with E-state index in [0.717, 1.165) is 11.1 Å². The molecule has 1 amide bonds. The lowest BCUT2D eigenvalue weighted by Gasteiger charge is -2.31.